The zero-order valence-electron chi connectivity index (χ0n) is 15.3. The van der Waals surface area contributed by atoms with Crippen molar-refractivity contribution >= 4 is 23.4 Å². The van der Waals surface area contributed by atoms with E-state index in [9.17, 15) is 4.79 Å². The van der Waals surface area contributed by atoms with Gasteiger partial charge in [-0.25, -0.2) is 5.43 Å². The molecule has 1 N–H and O–H groups in total. The summed E-state index contributed by atoms with van der Waals surface area (Å²) in [5, 5.41) is 4.28. The van der Waals surface area contributed by atoms with Crippen LogP contribution < -0.4 is 5.43 Å². The number of hydrogen-bond acceptors (Lipinski definition) is 3. The van der Waals surface area contributed by atoms with Gasteiger partial charge < -0.3 is 0 Å². The summed E-state index contributed by atoms with van der Waals surface area (Å²) < 4.78 is 0. The molecule has 0 aromatic heterocycles. The molecule has 1 atom stereocenters. The molecule has 0 spiro atoms. The zero-order chi connectivity index (χ0) is 17.6. The van der Waals surface area contributed by atoms with E-state index in [4.69, 9.17) is 0 Å². The lowest BCUT2D eigenvalue weighted by molar-refractivity contribution is -0.120. The molecule has 132 valence electrons. The van der Waals surface area contributed by atoms with Gasteiger partial charge in [0.1, 0.15) is 0 Å². The minimum Gasteiger partial charge on any atom is -0.272 e. The Kier molecular flexibility index (Phi) is 6.90. The fourth-order valence-electron chi connectivity index (χ4n) is 3.03. The Labute approximate surface area is 150 Å². The second-order valence-electron chi connectivity index (χ2n) is 7.73. The van der Waals surface area contributed by atoms with Crippen molar-refractivity contribution < 1.29 is 4.79 Å². The van der Waals surface area contributed by atoms with Crippen molar-refractivity contribution in [2.24, 2.45) is 16.4 Å². The average Bonchev–Trinajstić information content (AvgIpc) is 2.58. The molecule has 1 amide bonds. The number of nitrogens with one attached hydrogen (secondary N) is 1. The smallest absolute Gasteiger partial charge is 0.252 e. The van der Waals surface area contributed by atoms with E-state index in [1.54, 1.807) is 11.8 Å². The molecule has 0 unspecified atom stereocenters. The second-order valence-corrected chi connectivity index (χ2v) is 9.06. The summed E-state index contributed by atoms with van der Waals surface area (Å²) in [5.41, 5.74) is 5.53. The fraction of sp³-hybridized carbons (Fsp3) is 0.600. The molecule has 1 aliphatic carbocycles. The van der Waals surface area contributed by atoms with Gasteiger partial charge >= 0.3 is 0 Å². The van der Waals surface area contributed by atoms with E-state index >= 15 is 0 Å². The minimum atomic E-state index is -0.0968. The van der Waals surface area contributed by atoms with Crippen LogP contribution in [0.5, 0.6) is 0 Å². The maximum absolute atomic E-state index is 12.2. The first kappa shape index (κ1) is 19.0. The summed E-state index contributed by atoms with van der Waals surface area (Å²) in [6, 6.07) is 10.2. The number of benzene rings is 1. The van der Waals surface area contributed by atoms with Crippen LogP contribution in [0.3, 0.4) is 0 Å². The van der Waals surface area contributed by atoms with E-state index in [1.807, 2.05) is 25.1 Å². The normalized spacial score (nSPS) is 19.7. The molecule has 2 rings (SSSR count). The molecule has 1 fully saturated rings. The Morgan fingerprint density at radius 1 is 1.25 bits per heavy atom. The Balaban J connectivity index is 1.74. The van der Waals surface area contributed by atoms with Gasteiger partial charge in [-0.1, -0.05) is 51.1 Å². The van der Waals surface area contributed by atoms with Gasteiger partial charge in [-0.05, 0) is 49.5 Å². The Hall–Kier alpha value is -1.29. The maximum Gasteiger partial charge on any atom is 0.252 e. The predicted octanol–water partition coefficient (Wildman–Crippen LogP) is 5.02. The molecule has 3 nitrogen and oxygen atoms in total. The van der Waals surface area contributed by atoms with Crippen LogP contribution in [0.1, 0.15) is 58.9 Å². The van der Waals surface area contributed by atoms with E-state index in [-0.39, 0.29) is 11.2 Å². The van der Waals surface area contributed by atoms with E-state index in [0.29, 0.717) is 5.41 Å². The average molecular weight is 347 g/mol. The number of amides is 1. The molecular formula is C20H30N2OS. The highest BCUT2D eigenvalue weighted by atomic mass is 32.2. The van der Waals surface area contributed by atoms with Gasteiger partial charge in [-0.2, -0.15) is 5.10 Å². The van der Waals surface area contributed by atoms with Gasteiger partial charge in [-0.3, -0.25) is 4.79 Å². The molecule has 0 aliphatic heterocycles. The highest BCUT2D eigenvalue weighted by Crippen LogP contribution is 2.36. The van der Waals surface area contributed by atoms with E-state index in [1.165, 1.54) is 18.4 Å². The lowest BCUT2D eigenvalue weighted by Crippen LogP contribution is -2.30. The van der Waals surface area contributed by atoms with Crippen molar-refractivity contribution in [3.05, 3.63) is 35.9 Å². The standard InChI is InChI=1S/C20H30N2OS/c1-15(24-14-16-8-6-5-7-9-16)19(23)22-21-18-12-10-17(11-13-18)20(2,3)4/h5-9,15,17H,10-14H2,1-4H3,(H,22,23)/t15-,17?/m1/s1. The van der Waals surface area contributed by atoms with E-state index < -0.39 is 0 Å². The molecular weight excluding hydrogens is 316 g/mol. The molecule has 1 saturated carbocycles. The number of thioether (sulfide) groups is 1. The van der Waals surface area contributed by atoms with Crippen LogP contribution in [-0.4, -0.2) is 16.9 Å². The van der Waals surface area contributed by atoms with Crippen LogP contribution in [0.15, 0.2) is 35.4 Å². The molecule has 0 radical (unpaired) electrons. The SMILES string of the molecule is C[C@@H](SCc1ccccc1)C(=O)NN=C1CCC(C(C)(C)C)CC1. The summed E-state index contributed by atoms with van der Waals surface area (Å²) in [6.45, 7) is 8.88. The molecule has 24 heavy (non-hydrogen) atoms. The van der Waals surface area contributed by atoms with Crippen LogP contribution >= 0.6 is 11.8 Å². The molecule has 1 aromatic rings. The second kappa shape index (κ2) is 8.70. The molecule has 1 aliphatic rings. The number of rotatable bonds is 5. The van der Waals surface area contributed by atoms with Crippen molar-refractivity contribution in [1.29, 1.82) is 0 Å². The van der Waals surface area contributed by atoms with E-state index in [0.717, 1.165) is 30.2 Å². The first-order valence-corrected chi connectivity index (χ1v) is 9.92. The third-order valence-corrected chi connectivity index (χ3v) is 6.04. The minimum absolute atomic E-state index is 0.00127. The Morgan fingerprint density at radius 2 is 1.88 bits per heavy atom. The third kappa shape index (κ3) is 5.97. The van der Waals surface area contributed by atoms with Crippen molar-refractivity contribution in [3.63, 3.8) is 0 Å². The third-order valence-electron chi connectivity index (χ3n) is 4.82. The van der Waals surface area contributed by atoms with Crippen molar-refractivity contribution in [2.75, 3.05) is 0 Å². The molecule has 0 bridgehead atoms. The summed E-state index contributed by atoms with van der Waals surface area (Å²) in [7, 11) is 0. The topological polar surface area (TPSA) is 41.5 Å². The highest BCUT2D eigenvalue weighted by molar-refractivity contribution is 7.99. The van der Waals surface area contributed by atoms with Crippen LogP contribution in [-0.2, 0) is 10.5 Å². The summed E-state index contributed by atoms with van der Waals surface area (Å²) >= 11 is 1.65. The molecule has 4 heteroatoms. The quantitative estimate of drug-likeness (QED) is 0.761. The van der Waals surface area contributed by atoms with Gasteiger partial charge in [0.2, 0.25) is 0 Å². The lowest BCUT2D eigenvalue weighted by atomic mass is 9.72. The summed E-state index contributed by atoms with van der Waals surface area (Å²) in [6.07, 6.45) is 4.37. The van der Waals surface area contributed by atoms with Gasteiger partial charge in [0.25, 0.3) is 5.91 Å². The van der Waals surface area contributed by atoms with Crippen LogP contribution in [0.2, 0.25) is 0 Å². The number of carbonyl (C=O) groups excluding carboxylic acids is 1. The van der Waals surface area contributed by atoms with E-state index in [2.05, 4.69) is 43.4 Å². The number of nitrogens with zero attached hydrogens (tertiary/aromatic N) is 1. The molecule has 1 aromatic carbocycles. The van der Waals surface area contributed by atoms with Gasteiger partial charge in [0.05, 0.1) is 5.25 Å². The monoisotopic (exact) mass is 346 g/mol. The molecule has 0 saturated heterocycles. The van der Waals surface area contributed by atoms with Gasteiger partial charge in [0, 0.05) is 11.5 Å². The summed E-state index contributed by atoms with van der Waals surface area (Å²) in [5.74, 6) is 1.60. The largest absolute Gasteiger partial charge is 0.272 e. The number of hydrogen-bond donors (Lipinski definition) is 1. The maximum atomic E-state index is 12.2. The number of hydrazone groups is 1. The van der Waals surface area contributed by atoms with Crippen molar-refractivity contribution in [1.82, 2.24) is 5.43 Å². The van der Waals surface area contributed by atoms with Crippen LogP contribution in [0.4, 0.5) is 0 Å². The number of carbonyl (C=O) groups is 1. The first-order chi connectivity index (χ1) is 11.4. The Bertz CT molecular complexity index is 553. The fourth-order valence-corrected chi connectivity index (χ4v) is 3.86. The lowest BCUT2D eigenvalue weighted by Gasteiger charge is -2.34. The first-order valence-electron chi connectivity index (χ1n) is 8.87. The predicted molar refractivity (Wildman–Crippen MR) is 104 cm³/mol. The van der Waals surface area contributed by atoms with Crippen LogP contribution in [0.25, 0.3) is 0 Å². The van der Waals surface area contributed by atoms with Gasteiger partial charge in [-0.15, -0.1) is 11.8 Å². The van der Waals surface area contributed by atoms with Crippen LogP contribution in [0, 0.1) is 11.3 Å². The summed E-state index contributed by atoms with van der Waals surface area (Å²) in [4.78, 5) is 12.2. The van der Waals surface area contributed by atoms with Crippen molar-refractivity contribution in [2.45, 2.75) is 64.4 Å². The van der Waals surface area contributed by atoms with Crippen molar-refractivity contribution in [3.8, 4) is 0 Å². The Morgan fingerprint density at radius 3 is 2.46 bits per heavy atom. The highest BCUT2D eigenvalue weighted by Gasteiger charge is 2.28. The van der Waals surface area contributed by atoms with Gasteiger partial charge in [0.15, 0.2) is 0 Å². The molecule has 0 heterocycles. The zero-order valence-corrected chi connectivity index (χ0v) is 16.2.